The number of likely N-dealkylation sites (tertiary alicyclic amines) is 1. The molecule has 2 heterocycles. The molecule has 0 aliphatic carbocycles. The molecule has 1 aromatic rings. The third-order valence-electron chi connectivity index (χ3n) is 3.28. The van der Waals surface area contributed by atoms with Gasteiger partial charge in [0.05, 0.1) is 18.3 Å². The zero-order valence-electron chi connectivity index (χ0n) is 11.8. The molecule has 1 aromatic heterocycles. The van der Waals surface area contributed by atoms with Gasteiger partial charge in [0.2, 0.25) is 0 Å². The lowest BCUT2D eigenvalue weighted by atomic mass is 10.2. The molecular weight excluding hydrogens is 242 g/mol. The Balaban J connectivity index is 1.97. The van der Waals surface area contributed by atoms with Crippen molar-refractivity contribution in [1.29, 1.82) is 0 Å². The number of aliphatic hydroxyl groups excluding tert-OH is 1. The van der Waals surface area contributed by atoms with Gasteiger partial charge in [0.15, 0.2) is 0 Å². The predicted molar refractivity (Wildman–Crippen MR) is 75.1 cm³/mol. The van der Waals surface area contributed by atoms with Crippen LogP contribution >= 0.6 is 0 Å². The minimum Gasteiger partial charge on any atom is -0.389 e. The first kappa shape index (κ1) is 14.2. The van der Waals surface area contributed by atoms with Crippen LogP contribution in [0, 0.1) is 0 Å². The molecule has 5 heteroatoms. The number of nitrogens with zero attached hydrogens (tertiary/aromatic N) is 2. The topological polar surface area (TPSA) is 57.6 Å². The summed E-state index contributed by atoms with van der Waals surface area (Å²) < 4.78 is 5.72. The molecular formula is C14H23N3O2. The lowest BCUT2D eigenvalue weighted by Crippen LogP contribution is -2.29. The van der Waals surface area contributed by atoms with E-state index in [4.69, 9.17) is 4.74 Å². The lowest BCUT2D eigenvalue weighted by molar-refractivity contribution is -0.0396. The Kier molecular flexibility index (Phi) is 4.74. The summed E-state index contributed by atoms with van der Waals surface area (Å²) in [6.07, 6.45) is 1.43. The van der Waals surface area contributed by atoms with Crippen molar-refractivity contribution in [2.45, 2.75) is 38.7 Å². The van der Waals surface area contributed by atoms with Crippen molar-refractivity contribution in [2.24, 2.45) is 0 Å². The van der Waals surface area contributed by atoms with Crippen LogP contribution in [0.25, 0.3) is 0 Å². The van der Waals surface area contributed by atoms with Crippen LogP contribution in [0.15, 0.2) is 18.3 Å². The molecule has 0 unspecified atom stereocenters. The maximum atomic E-state index is 10.0. The largest absolute Gasteiger partial charge is 0.389 e. The van der Waals surface area contributed by atoms with E-state index >= 15 is 0 Å². The molecule has 0 spiro atoms. The molecule has 0 amide bonds. The number of aromatic nitrogens is 1. The molecule has 0 radical (unpaired) electrons. The molecule has 1 fully saturated rings. The Morgan fingerprint density at radius 3 is 3.00 bits per heavy atom. The Hall–Kier alpha value is -1.17. The zero-order chi connectivity index (χ0) is 13.8. The first-order chi connectivity index (χ1) is 9.10. The molecule has 1 aliphatic heterocycles. The number of pyridine rings is 1. The monoisotopic (exact) mass is 265 g/mol. The van der Waals surface area contributed by atoms with Crippen LogP contribution < -0.4 is 5.32 Å². The minimum absolute atomic E-state index is 0.0882. The van der Waals surface area contributed by atoms with Gasteiger partial charge in [-0.15, -0.1) is 0 Å². The number of ether oxygens (including phenoxy) is 1. The summed E-state index contributed by atoms with van der Waals surface area (Å²) in [6.45, 7) is 6.18. The number of hydrogen-bond donors (Lipinski definition) is 2. The van der Waals surface area contributed by atoms with Gasteiger partial charge in [-0.3, -0.25) is 4.90 Å². The van der Waals surface area contributed by atoms with Gasteiger partial charge in [-0.05, 0) is 19.9 Å². The highest BCUT2D eigenvalue weighted by molar-refractivity contribution is 5.42. The molecule has 2 N–H and O–H groups in total. The van der Waals surface area contributed by atoms with Crippen molar-refractivity contribution in [3.05, 3.63) is 23.9 Å². The van der Waals surface area contributed by atoms with Crippen molar-refractivity contribution in [3.8, 4) is 0 Å². The van der Waals surface area contributed by atoms with Gasteiger partial charge in [-0.1, -0.05) is 6.07 Å². The number of aliphatic hydroxyl groups is 1. The standard InChI is InChI=1S/C14H23N3O2/c1-10(2)19-13-9-17(8-12(13)18)7-11-5-4-6-16-14(11)15-3/h4-6,10,12-13,18H,7-9H2,1-3H3,(H,15,16)/t12-,13-/m0/s1. The zero-order valence-corrected chi connectivity index (χ0v) is 11.8. The molecule has 0 aromatic carbocycles. The summed E-state index contributed by atoms with van der Waals surface area (Å²) in [7, 11) is 1.87. The number of β-amino-alcohol motifs (C(OH)–C–C–N with tert-alkyl or cyclic N) is 1. The molecule has 1 aliphatic rings. The minimum atomic E-state index is -0.405. The van der Waals surface area contributed by atoms with Gasteiger partial charge in [-0.25, -0.2) is 4.98 Å². The van der Waals surface area contributed by atoms with Crippen molar-refractivity contribution >= 4 is 5.82 Å². The Morgan fingerprint density at radius 2 is 2.32 bits per heavy atom. The maximum absolute atomic E-state index is 10.0. The van der Waals surface area contributed by atoms with Crippen molar-refractivity contribution < 1.29 is 9.84 Å². The van der Waals surface area contributed by atoms with E-state index < -0.39 is 6.10 Å². The van der Waals surface area contributed by atoms with Gasteiger partial charge in [-0.2, -0.15) is 0 Å². The maximum Gasteiger partial charge on any atom is 0.130 e. The third kappa shape index (κ3) is 3.65. The number of rotatable bonds is 5. The normalized spacial score (nSPS) is 24.1. The Bertz CT molecular complexity index is 411. The molecule has 1 saturated heterocycles. The van der Waals surface area contributed by atoms with Crippen molar-refractivity contribution in [2.75, 3.05) is 25.5 Å². The summed E-state index contributed by atoms with van der Waals surface area (Å²) >= 11 is 0. The summed E-state index contributed by atoms with van der Waals surface area (Å²) in [4.78, 5) is 6.50. The van der Waals surface area contributed by atoms with Crippen molar-refractivity contribution in [3.63, 3.8) is 0 Å². The summed E-state index contributed by atoms with van der Waals surface area (Å²) in [6, 6.07) is 3.99. The van der Waals surface area contributed by atoms with Gasteiger partial charge in [0, 0.05) is 38.4 Å². The smallest absolute Gasteiger partial charge is 0.130 e. The predicted octanol–water partition coefficient (Wildman–Crippen LogP) is 1.09. The van der Waals surface area contributed by atoms with Crippen LogP contribution in [0.2, 0.25) is 0 Å². The Labute approximate surface area is 114 Å². The number of anilines is 1. The molecule has 2 atom stereocenters. The van der Waals surface area contributed by atoms with E-state index in [0.29, 0.717) is 6.54 Å². The second kappa shape index (κ2) is 6.32. The van der Waals surface area contributed by atoms with Gasteiger partial charge in [0.25, 0.3) is 0 Å². The van der Waals surface area contributed by atoms with E-state index in [0.717, 1.165) is 24.5 Å². The van der Waals surface area contributed by atoms with E-state index in [1.807, 2.05) is 27.0 Å². The van der Waals surface area contributed by atoms with Crippen molar-refractivity contribution in [1.82, 2.24) is 9.88 Å². The van der Waals surface area contributed by atoms with Crippen LogP contribution in [0.5, 0.6) is 0 Å². The SMILES string of the molecule is CNc1ncccc1CN1C[C@H](OC(C)C)[C@@H](O)C1. The van der Waals surface area contributed by atoms with Crippen LogP contribution in [0.1, 0.15) is 19.4 Å². The molecule has 2 rings (SSSR count). The van der Waals surface area contributed by atoms with E-state index in [1.54, 1.807) is 6.20 Å². The first-order valence-electron chi connectivity index (χ1n) is 6.77. The first-order valence-corrected chi connectivity index (χ1v) is 6.77. The Morgan fingerprint density at radius 1 is 1.53 bits per heavy atom. The summed E-state index contributed by atoms with van der Waals surface area (Å²) in [5, 5.41) is 13.1. The average molecular weight is 265 g/mol. The highest BCUT2D eigenvalue weighted by Gasteiger charge is 2.32. The molecule has 5 nitrogen and oxygen atoms in total. The summed E-state index contributed by atoms with van der Waals surface area (Å²) in [5.41, 5.74) is 1.14. The van der Waals surface area contributed by atoms with E-state index in [-0.39, 0.29) is 12.2 Å². The number of nitrogens with one attached hydrogen (secondary N) is 1. The fraction of sp³-hybridized carbons (Fsp3) is 0.643. The van der Waals surface area contributed by atoms with Crippen LogP contribution in [0.3, 0.4) is 0 Å². The van der Waals surface area contributed by atoms with Crippen LogP contribution in [-0.2, 0) is 11.3 Å². The van der Waals surface area contributed by atoms with Crippen LogP contribution in [0.4, 0.5) is 5.82 Å². The average Bonchev–Trinajstić information content (AvgIpc) is 2.69. The second-order valence-corrected chi connectivity index (χ2v) is 5.25. The van der Waals surface area contributed by atoms with E-state index in [1.165, 1.54) is 0 Å². The highest BCUT2D eigenvalue weighted by Crippen LogP contribution is 2.20. The van der Waals surface area contributed by atoms with Gasteiger partial charge < -0.3 is 15.2 Å². The molecule has 0 saturated carbocycles. The quantitative estimate of drug-likeness (QED) is 0.835. The van der Waals surface area contributed by atoms with Crippen LogP contribution in [-0.4, -0.2) is 53.4 Å². The number of hydrogen-bond acceptors (Lipinski definition) is 5. The fourth-order valence-electron chi connectivity index (χ4n) is 2.48. The summed E-state index contributed by atoms with van der Waals surface area (Å²) in [5.74, 6) is 0.894. The lowest BCUT2D eigenvalue weighted by Gasteiger charge is -2.18. The van der Waals surface area contributed by atoms with Gasteiger partial charge >= 0.3 is 0 Å². The van der Waals surface area contributed by atoms with Gasteiger partial charge in [0.1, 0.15) is 5.82 Å². The van der Waals surface area contributed by atoms with E-state index in [9.17, 15) is 5.11 Å². The second-order valence-electron chi connectivity index (χ2n) is 5.25. The fourth-order valence-corrected chi connectivity index (χ4v) is 2.48. The molecule has 106 valence electrons. The highest BCUT2D eigenvalue weighted by atomic mass is 16.5. The third-order valence-corrected chi connectivity index (χ3v) is 3.28. The molecule has 0 bridgehead atoms. The van der Waals surface area contributed by atoms with E-state index in [2.05, 4.69) is 21.3 Å². The molecule has 19 heavy (non-hydrogen) atoms.